The number of hydrogen-bond donors (Lipinski definition) is 0. The molecule has 0 aliphatic heterocycles. The van der Waals surface area contributed by atoms with Gasteiger partial charge in [-0.3, -0.25) is 0 Å². The highest BCUT2D eigenvalue weighted by Gasteiger charge is 2.22. The first-order valence-electron chi connectivity index (χ1n) is 5.81. The second-order valence-corrected chi connectivity index (χ2v) is 10.9. The van der Waals surface area contributed by atoms with Crippen LogP contribution in [0.4, 0.5) is 0 Å². The van der Waals surface area contributed by atoms with Gasteiger partial charge in [0.2, 0.25) is 0 Å². The van der Waals surface area contributed by atoms with Crippen LogP contribution < -0.4 is 0 Å². The summed E-state index contributed by atoms with van der Waals surface area (Å²) in [6.07, 6.45) is 8.07. The Hall–Kier alpha value is 0.507. The van der Waals surface area contributed by atoms with Gasteiger partial charge in [0.1, 0.15) is 0 Å². The lowest BCUT2D eigenvalue weighted by molar-refractivity contribution is 0.744. The molecule has 0 radical (unpaired) electrons. The minimum atomic E-state index is -1.31. The number of halogens is 1. The van der Waals surface area contributed by atoms with Crippen LogP contribution in [-0.2, 0) is 0 Å². The Kier molecular flexibility index (Phi) is 8.18. The van der Waals surface area contributed by atoms with Gasteiger partial charge in [-0.05, 0) is 12.1 Å². The van der Waals surface area contributed by atoms with Gasteiger partial charge in [-0.15, -0.1) is 0 Å². The second kappa shape index (κ2) is 7.87. The molecule has 0 bridgehead atoms. The Bertz CT molecular complexity index is 101. The van der Waals surface area contributed by atoms with Gasteiger partial charge in [0, 0.05) is 0 Å². The maximum absolute atomic E-state index is 6.55. The summed E-state index contributed by atoms with van der Waals surface area (Å²) in [6.45, 7) is 6.84. The van der Waals surface area contributed by atoms with Crippen LogP contribution in [0.5, 0.6) is 0 Å². The molecular weight excluding hydrogens is 196 g/mol. The van der Waals surface area contributed by atoms with Crippen LogP contribution in [0.25, 0.3) is 0 Å². The van der Waals surface area contributed by atoms with E-state index in [1.807, 2.05) is 0 Å². The fourth-order valence-corrected chi connectivity index (χ4v) is 4.64. The first-order chi connectivity index (χ1) is 6.12. The quantitative estimate of drug-likeness (QED) is 0.300. The van der Waals surface area contributed by atoms with Gasteiger partial charge in [-0.2, -0.15) is 11.1 Å². The minimum Gasteiger partial charge on any atom is -0.167 e. The normalized spacial score (nSPS) is 12.0. The molecule has 80 valence electrons. The Morgan fingerprint density at radius 2 is 1.23 bits per heavy atom. The smallest absolute Gasteiger partial charge is 0.153 e. The third-order valence-corrected chi connectivity index (χ3v) is 6.53. The average molecular weight is 221 g/mol. The maximum Gasteiger partial charge on any atom is 0.153 e. The Labute approximate surface area is 89.8 Å². The lowest BCUT2D eigenvalue weighted by atomic mass is 10.3. The highest BCUT2D eigenvalue weighted by Crippen LogP contribution is 2.26. The van der Waals surface area contributed by atoms with Crippen molar-refractivity contribution in [2.24, 2.45) is 0 Å². The van der Waals surface area contributed by atoms with Crippen LogP contribution >= 0.6 is 11.1 Å². The van der Waals surface area contributed by atoms with Crippen LogP contribution in [0.15, 0.2) is 0 Å². The van der Waals surface area contributed by atoms with E-state index in [0.717, 1.165) is 0 Å². The minimum absolute atomic E-state index is 1.31. The van der Waals surface area contributed by atoms with Crippen LogP contribution in [0, 0.1) is 0 Å². The van der Waals surface area contributed by atoms with Gasteiger partial charge in [-0.25, -0.2) is 0 Å². The molecule has 0 aliphatic rings. The lowest BCUT2D eigenvalue weighted by Gasteiger charge is -2.18. The van der Waals surface area contributed by atoms with Crippen molar-refractivity contribution in [2.75, 3.05) is 0 Å². The molecule has 0 rings (SSSR count). The molecular formula is C11H25ClSi. The predicted molar refractivity (Wildman–Crippen MR) is 66.1 cm³/mol. The van der Waals surface area contributed by atoms with E-state index in [0.29, 0.717) is 0 Å². The molecule has 0 heterocycles. The van der Waals surface area contributed by atoms with Crippen molar-refractivity contribution >= 4 is 18.5 Å². The first-order valence-corrected chi connectivity index (χ1v) is 9.74. The van der Waals surface area contributed by atoms with E-state index in [4.69, 9.17) is 11.1 Å². The van der Waals surface area contributed by atoms with E-state index < -0.39 is 7.38 Å². The molecule has 0 saturated heterocycles. The van der Waals surface area contributed by atoms with E-state index in [1.165, 1.54) is 50.6 Å². The Morgan fingerprint density at radius 1 is 0.846 bits per heavy atom. The molecule has 0 N–H and O–H groups in total. The summed E-state index contributed by atoms with van der Waals surface area (Å²) in [4.78, 5) is 0. The largest absolute Gasteiger partial charge is 0.167 e. The number of hydrogen-bond acceptors (Lipinski definition) is 0. The van der Waals surface area contributed by atoms with Crippen LogP contribution in [-0.4, -0.2) is 7.38 Å². The lowest BCUT2D eigenvalue weighted by Crippen LogP contribution is -2.21. The zero-order chi connectivity index (χ0) is 10.2. The van der Waals surface area contributed by atoms with Gasteiger partial charge in [0.05, 0.1) is 0 Å². The Balaban J connectivity index is 3.42. The average Bonchev–Trinajstić information content (AvgIpc) is 2.05. The van der Waals surface area contributed by atoms with E-state index in [-0.39, 0.29) is 0 Å². The van der Waals surface area contributed by atoms with Gasteiger partial charge >= 0.3 is 0 Å². The van der Waals surface area contributed by atoms with E-state index in [9.17, 15) is 0 Å². The zero-order valence-corrected chi connectivity index (χ0v) is 11.3. The van der Waals surface area contributed by atoms with E-state index >= 15 is 0 Å². The molecule has 0 spiro atoms. The molecule has 0 aliphatic carbocycles. The SMILES string of the molecule is CCCCC[Si](C)(Cl)CCCCC. The summed E-state index contributed by atoms with van der Waals surface area (Å²) in [5, 5.41) is 0. The fourth-order valence-electron chi connectivity index (χ4n) is 1.61. The van der Waals surface area contributed by atoms with Crippen molar-refractivity contribution in [3.05, 3.63) is 0 Å². The van der Waals surface area contributed by atoms with E-state index in [2.05, 4.69) is 20.4 Å². The topological polar surface area (TPSA) is 0 Å². The van der Waals surface area contributed by atoms with Crippen molar-refractivity contribution in [1.29, 1.82) is 0 Å². The zero-order valence-electron chi connectivity index (χ0n) is 9.53. The van der Waals surface area contributed by atoms with Gasteiger partial charge in [0.25, 0.3) is 0 Å². The highest BCUT2D eigenvalue weighted by atomic mass is 35.6. The van der Waals surface area contributed by atoms with Crippen molar-refractivity contribution < 1.29 is 0 Å². The third-order valence-electron chi connectivity index (χ3n) is 2.60. The van der Waals surface area contributed by atoms with Crippen LogP contribution in [0.1, 0.15) is 52.4 Å². The summed E-state index contributed by atoms with van der Waals surface area (Å²) in [7, 11) is -1.31. The van der Waals surface area contributed by atoms with Crippen molar-refractivity contribution in [2.45, 2.75) is 71.0 Å². The summed E-state index contributed by atoms with van der Waals surface area (Å²) in [5.74, 6) is 0. The Morgan fingerprint density at radius 3 is 1.54 bits per heavy atom. The van der Waals surface area contributed by atoms with Gasteiger partial charge < -0.3 is 0 Å². The molecule has 0 amide bonds. The maximum atomic E-state index is 6.55. The van der Waals surface area contributed by atoms with E-state index in [1.54, 1.807) is 0 Å². The van der Waals surface area contributed by atoms with Crippen molar-refractivity contribution in [3.63, 3.8) is 0 Å². The molecule has 0 nitrogen and oxygen atoms in total. The molecule has 0 fully saturated rings. The standard InChI is InChI=1S/C11H25ClSi/c1-4-6-8-10-13(3,12)11-9-7-5-2/h4-11H2,1-3H3. The summed E-state index contributed by atoms with van der Waals surface area (Å²) in [6, 6.07) is 2.65. The molecule has 0 atom stereocenters. The first kappa shape index (κ1) is 13.5. The molecule has 2 heteroatoms. The molecule has 0 saturated carbocycles. The molecule has 0 aromatic rings. The fraction of sp³-hybridized carbons (Fsp3) is 1.00. The molecule has 13 heavy (non-hydrogen) atoms. The van der Waals surface area contributed by atoms with Crippen molar-refractivity contribution in [3.8, 4) is 0 Å². The second-order valence-electron chi connectivity index (χ2n) is 4.33. The monoisotopic (exact) mass is 220 g/mol. The van der Waals surface area contributed by atoms with Crippen LogP contribution in [0.2, 0.25) is 18.6 Å². The summed E-state index contributed by atoms with van der Waals surface area (Å²) < 4.78 is 0. The van der Waals surface area contributed by atoms with Crippen LogP contribution in [0.3, 0.4) is 0 Å². The van der Waals surface area contributed by atoms with Gasteiger partial charge in [-0.1, -0.05) is 58.9 Å². The summed E-state index contributed by atoms with van der Waals surface area (Å²) in [5.41, 5.74) is 0. The predicted octanol–water partition coefficient (Wildman–Crippen LogP) is 5.18. The van der Waals surface area contributed by atoms with Crippen molar-refractivity contribution in [1.82, 2.24) is 0 Å². The molecule has 0 aromatic carbocycles. The third kappa shape index (κ3) is 8.83. The highest BCUT2D eigenvalue weighted by molar-refractivity contribution is 7.19. The number of rotatable bonds is 8. The van der Waals surface area contributed by atoms with Gasteiger partial charge in [0.15, 0.2) is 7.38 Å². The number of unbranched alkanes of at least 4 members (excludes halogenated alkanes) is 4. The molecule has 0 unspecified atom stereocenters. The molecule has 0 aromatic heterocycles. The summed E-state index contributed by atoms with van der Waals surface area (Å²) >= 11 is 6.55.